The van der Waals surface area contributed by atoms with Gasteiger partial charge in [0, 0.05) is 0 Å². The van der Waals surface area contributed by atoms with E-state index in [1.54, 1.807) is 0 Å². The van der Waals surface area contributed by atoms with Crippen LogP contribution in [0.2, 0.25) is 0 Å². The molecule has 0 heteroatoms. The van der Waals surface area contributed by atoms with Gasteiger partial charge in [0.1, 0.15) is 0 Å². The van der Waals surface area contributed by atoms with Crippen molar-refractivity contribution in [1.29, 1.82) is 0 Å². The van der Waals surface area contributed by atoms with Crippen molar-refractivity contribution in [2.45, 2.75) is 25.7 Å². The van der Waals surface area contributed by atoms with Crippen LogP contribution in [0.15, 0.2) is 24.8 Å². The number of rotatable bonds is 3. The van der Waals surface area contributed by atoms with Gasteiger partial charge in [-0.25, -0.2) is 0 Å². The van der Waals surface area contributed by atoms with Crippen molar-refractivity contribution < 1.29 is 0 Å². The summed E-state index contributed by atoms with van der Waals surface area (Å²) in [6, 6.07) is 0. The third-order valence-corrected chi connectivity index (χ3v) is 3.16. The molecule has 0 spiro atoms. The van der Waals surface area contributed by atoms with Crippen molar-refractivity contribution in [2.24, 2.45) is 17.8 Å². The van der Waals surface area contributed by atoms with Crippen LogP contribution in [0.5, 0.6) is 0 Å². The third-order valence-electron chi connectivity index (χ3n) is 3.16. The van der Waals surface area contributed by atoms with Crippen molar-refractivity contribution in [3.63, 3.8) is 0 Å². The summed E-state index contributed by atoms with van der Waals surface area (Å²) in [4.78, 5) is 0. The van der Waals surface area contributed by atoms with Gasteiger partial charge >= 0.3 is 0 Å². The average Bonchev–Trinajstić information content (AvgIpc) is 2.60. The minimum atomic E-state index is 0.931. The first-order chi connectivity index (χ1) is 5.40. The number of hydrogen-bond donors (Lipinski definition) is 0. The van der Waals surface area contributed by atoms with Crippen LogP contribution in [0.25, 0.3) is 0 Å². The zero-order valence-electron chi connectivity index (χ0n) is 7.00. The maximum absolute atomic E-state index is 3.77. The summed E-state index contributed by atoms with van der Waals surface area (Å²) in [5, 5.41) is 0. The molecule has 0 amide bonds. The molecule has 2 rings (SSSR count). The fraction of sp³-hybridized carbons (Fsp3) is 0.636. The normalized spacial score (nSPS) is 39.8. The highest BCUT2D eigenvalue weighted by atomic mass is 14.4. The van der Waals surface area contributed by atoms with E-state index in [1.807, 2.05) is 0 Å². The molecule has 0 heterocycles. The lowest BCUT2D eigenvalue weighted by Gasteiger charge is -2.16. The molecule has 11 heavy (non-hydrogen) atoms. The molecule has 0 aromatic heterocycles. The Bertz CT molecular complexity index is 178. The Balaban J connectivity index is 1.88. The Kier molecular flexibility index (Phi) is 1.85. The molecule has 1 fully saturated rings. The van der Waals surface area contributed by atoms with Crippen LogP contribution >= 0.6 is 0 Å². The summed E-state index contributed by atoms with van der Waals surface area (Å²) >= 11 is 0. The highest BCUT2D eigenvalue weighted by Crippen LogP contribution is 2.45. The lowest BCUT2D eigenvalue weighted by atomic mass is 9.89. The first-order valence-electron chi connectivity index (χ1n) is 4.69. The molecule has 1 saturated carbocycles. The zero-order chi connectivity index (χ0) is 7.68. The lowest BCUT2D eigenvalue weighted by Crippen LogP contribution is -2.05. The van der Waals surface area contributed by atoms with Gasteiger partial charge < -0.3 is 0 Å². The average molecular weight is 148 g/mol. The monoisotopic (exact) mass is 148 g/mol. The first-order valence-corrected chi connectivity index (χ1v) is 4.69. The molecule has 0 aromatic carbocycles. The predicted octanol–water partition coefficient (Wildman–Crippen LogP) is 3.16. The second kappa shape index (κ2) is 2.84. The van der Waals surface area contributed by atoms with Crippen LogP contribution in [0, 0.1) is 17.8 Å². The van der Waals surface area contributed by atoms with Crippen molar-refractivity contribution in [2.75, 3.05) is 0 Å². The van der Waals surface area contributed by atoms with Gasteiger partial charge in [-0.2, -0.15) is 0 Å². The largest absolute Gasteiger partial charge is 0.103 e. The molecule has 2 unspecified atom stereocenters. The molecular weight excluding hydrogens is 132 g/mol. The smallest absolute Gasteiger partial charge is 0.0199 e. The number of hydrogen-bond acceptors (Lipinski definition) is 0. The van der Waals surface area contributed by atoms with Crippen LogP contribution in [0.1, 0.15) is 25.7 Å². The van der Waals surface area contributed by atoms with Gasteiger partial charge in [-0.05, 0) is 43.4 Å². The minimum absolute atomic E-state index is 0.931. The van der Waals surface area contributed by atoms with E-state index in [2.05, 4.69) is 24.8 Å². The van der Waals surface area contributed by atoms with E-state index in [0.29, 0.717) is 0 Å². The Morgan fingerprint density at radius 2 is 2.27 bits per heavy atom. The molecule has 3 atom stereocenters. The Labute approximate surface area is 69.0 Å². The second-order valence-electron chi connectivity index (χ2n) is 3.91. The Morgan fingerprint density at radius 1 is 1.36 bits per heavy atom. The minimum Gasteiger partial charge on any atom is -0.103 e. The predicted molar refractivity (Wildman–Crippen MR) is 48.3 cm³/mol. The molecular formula is C11H16. The summed E-state index contributed by atoms with van der Waals surface area (Å²) in [5.74, 6) is 2.86. The molecule has 0 saturated heterocycles. The van der Waals surface area contributed by atoms with Gasteiger partial charge in [-0.3, -0.25) is 0 Å². The summed E-state index contributed by atoms with van der Waals surface area (Å²) in [6.07, 6.45) is 12.4. The number of fused-ring (bicyclic) bond motifs is 2. The molecule has 0 aromatic rings. The molecule has 2 bridgehead atoms. The van der Waals surface area contributed by atoms with Gasteiger partial charge in [0.2, 0.25) is 0 Å². The Morgan fingerprint density at radius 3 is 2.82 bits per heavy atom. The van der Waals surface area contributed by atoms with E-state index in [-0.39, 0.29) is 0 Å². The lowest BCUT2D eigenvalue weighted by molar-refractivity contribution is 0.420. The van der Waals surface area contributed by atoms with E-state index in [0.717, 1.165) is 17.8 Å². The quantitative estimate of drug-likeness (QED) is 0.539. The van der Waals surface area contributed by atoms with E-state index >= 15 is 0 Å². The van der Waals surface area contributed by atoms with E-state index in [9.17, 15) is 0 Å². The van der Waals surface area contributed by atoms with Crippen LogP contribution < -0.4 is 0 Å². The highest BCUT2D eigenvalue weighted by molar-refractivity contribution is 5.10. The second-order valence-corrected chi connectivity index (χ2v) is 3.91. The van der Waals surface area contributed by atoms with Crippen molar-refractivity contribution in [3.05, 3.63) is 24.8 Å². The molecule has 0 N–H and O–H groups in total. The third kappa shape index (κ3) is 1.26. The SMILES string of the molecule is C=CCC[C@H]1CC2C=CC1C2. The van der Waals surface area contributed by atoms with Gasteiger partial charge in [-0.1, -0.05) is 18.2 Å². The summed E-state index contributed by atoms with van der Waals surface area (Å²) in [6.45, 7) is 3.77. The van der Waals surface area contributed by atoms with E-state index in [4.69, 9.17) is 0 Å². The van der Waals surface area contributed by atoms with E-state index in [1.165, 1.54) is 25.7 Å². The van der Waals surface area contributed by atoms with Crippen LogP contribution in [-0.4, -0.2) is 0 Å². The van der Waals surface area contributed by atoms with Crippen molar-refractivity contribution in [3.8, 4) is 0 Å². The van der Waals surface area contributed by atoms with Gasteiger partial charge in [0.05, 0.1) is 0 Å². The fourth-order valence-corrected chi connectivity index (χ4v) is 2.56. The zero-order valence-corrected chi connectivity index (χ0v) is 7.00. The van der Waals surface area contributed by atoms with Crippen LogP contribution in [0.3, 0.4) is 0 Å². The fourth-order valence-electron chi connectivity index (χ4n) is 2.56. The van der Waals surface area contributed by atoms with Crippen LogP contribution in [0.4, 0.5) is 0 Å². The standard InChI is InChI=1S/C11H16/c1-2-3-4-10-7-9-5-6-11(10)8-9/h2,5-6,9-11H,1,3-4,7-8H2/t9?,10-,11?/m0/s1. The van der Waals surface area contributed by atoms with Crippen molar-refractivity contribution >= 4 is 0 Å². The number of allylic oxidation sites excluding steroid dienone is 3. The summed E-state index contributed by atoms with van der Waals surface area (Å²) < 4.78 is 0. The maximum atomic E-state index is 3.77. The van der Waals surface area contributed by atoms with Crippen LogP contribution in [-0.2, 0) is 0 Å². The van der Waals surface area contributed by atoms with Crippen molar-refractivity contribution in [1.82, 2.24) is 0 Å². The summed E-state index contributed by atoms with van der Waals surface area (Å²) in [5.41, 5.74) is 0. The van der Waals surface area contributed by atoms with Gasteiger partial charge in [0.25, 0.3) is 0 Å². The van der Waals surface area contributed by atoms with Gasteiger partial charge in [-0.15, -0.1) is 6.58 Å². The Hall–Kier alpha value is -0.520. The molecule has 0 radical (unpaired) electrons. The molecule has 0 aliphatic heterocycles. The molecule has 0 nitrogen and oxygen atoms in total. The highest BCUT2D eigenvalue weighted by Gasteiger charge is 2.34. The first kappa shape index (κ1) is 7.15. The molecule has 2 aliphatic rings. The molecule has 60 valence electrons. The molecule has 2 aliphatic carbocycles. The summed E-state index contributed by atoms with van der Waals surface area (Å²) in [7, 11) is 0. The maximum Gasteiger partial charge on any atom is -0.0199 e. The van der Waals surface area contributed by atoms with Gasteiger partial charge in [0.15, 0.2) is 0 Å². The van der Waals surface area contributed by atoms with E-state index < -0.39 is 0 Å². The topological polar surface area (TPSA) is 0 Å².